The number of carbonyl (C=O) groups is 2. The average molecular weight is 784 g/mol. The van der Waals surface area contributed by atoms with Crippen molar-refractivity contribution < 1.29 is 14.3 Å². The molecule has 3 heterocycles. The first-order valence-electron chi connectivity index (χ1n) is 18.0. The minimum Gasteiger partial charge on any atom is -0.497 e. The fourth-order valence-electron chi connectivity index (χ4n) is 7.12. The van der Waals surface area contributed by atoms with E-state index in [1.807, 2.05) is 104 Å². The number of fused-ring (bicyclic) bond motifs is 1. The normalized spacial score (nSPS) is 14.0. The zero-order valence-electron chi connectivity index (χ0n) is 30.4. The number of anilines is 2. The maximum absolute atomic E-state index is 14.8. The Balaban J connectivity index is 1.32. The van der Waals surface area contributed by atoms with Crippen molar-refractivity contribution in [1.29, 1.82) is 0 Å². The number of rotatable bonds is 10. The number of carbonyl (C=O) groups excluding carboxylic acids is 2. The van der Waals surface area contributed by atoms with Gasteiger partial charge in [-0.2, -0.15) is 0 Å². The molecule has 1 unspecified atom stereocenters. The molecule has 2 amide bonds. The summed E-state index contributed by atoms with van der Waals surface area (Å²) in [6.45, 7) is 7.25. The minimum absolute atomic E-state index is 0.0590. The van der Waals surface area contributed by atoms with Gasteiger partial charge in [0.05, 0.1) is 42.2 Å². The van der Waals surface area contributed by atoms with Crippen molar-refractivity contribution in [3.63, 3.8) is 0 Å². The Morgan fingerprint density at radius 3 is 2.33 bits per heavy atom. The van der Waals surface area contributed by atoms with Crippen molar-refractivity contribution in [2.24, 2.45) is 5.92 Å². The van der Waals surface area contributed by atoms with Crippen molar-refractivity contribution in [2.45, 2.75) is 45.7 Å². The summed E-state index contributed by atoms with van der Waals surface area (Å²) in [4.78, 5) is 37.8. The van der Waals surface area contributed by atoms with E-state index in [9.17, 15) is 9.59 Å². The van der Waals surface area contributed by atoms with Gasteiger partial charge in [0.1, 0.15) is 11.4 Å². The van der Waals surface area contributed by atoms with Gasteiger partial charge in [-0.1, -0.05) is 91.1 Å². The fraction of sp³-hybridized carbons (Fsp3) is 0.262. The number of hydrogen-bond donors (Lipinski definition) is 3. The van der Waals surface area contributed by atoms with Crippen LogP contribution in [0.1, 0.15) is 55.7 Å². The van der Waals surface area contributed by atoms with Gasteiger partial charge < -0.3 is 29.8 Å². The Labute approximate surface area is 329 Å². The van der Waals surface area contributed by atoms with E-state index in [-0.39, 0.29) is 29.8 Å². The summed E-state index contributed by atoms with van der Waals surface area (Å²) in [5.74, 6) is 0.242. The second-order valence-corrected chi connectivity index (χ2v) is 15.2. The van der Waals surface area contributed by atoms with Gasteiger partial charge in [0.15, 0.2) is 0 Å². The van der Waals surface area contributed by atoms with Gasteiger partial charge in [-0.25, -0.2) is 4.98 Å². The number of aromatic nitrogens is 3. The van der Waals surface area contributed by atoms with E-state index in [2.05, 4.69) is 20.5 Å². The second kappa shape index (κ2) is 15.8. The highest BCUT2D eigenvalue weighted by molar-refractivity contribution is 6.35. The number of hydrogen-bond acceptors (Lipinski definition) is 5. The number of methoxy groups -OCH3 is 1. The van der Waals surface area contributed by atoms with E-state index >= 15 is 0 Å². The lowest BCUT2D eigenvalue weighted by Crippen LogP contribution is -2.46. The van der Waals surface area contributed by atoms with Gasteiger partial charge in [-0.05, 0) is 61.7 Å². The molecule has 1 fully saturated rings. The van der Waals surface area contributed by atoms with Crippen LogP contribution in [0, 0.1) is 5.92 Å². The van der Waals surface area contributed by atoms with Gasteiger partial charge in [0, 0.05) is 68.2 Å². The third kappa shape index (κ3) is 7.53. The number of nitrogens with one attached hydrogen (secondary N) is 3. The van der Waals surface area contributed by atoms with Crippen LogP contribution in [0.3, 0.4) is 0 Å². The Kier molecular flexibility index (Phi) is 10.9. The minimum atomic E-state index is -0.352. The van der Waals surface area contributed by atoms with Crippen molar-refractivity contribution in [3.05, 3.63) is 118 Å². The summed E-state index contributed by atoms with van der Waals surface area (Å²) < 4.78 is 7.65. The van der Waals surface area contributed by atoms with Gasteiger partial charge in [-0.15, -0.1) is 0 Å². The predicted octanol–water partition coefficient (Wildman–Crippen LogP) is 10.3. The molecule has 0 radical (unpaired) electrons. The second-order valence-electron chi connectivity index (χ2n) is 13.9. The Bertz CT molecular complexity index is 2330. The molecule has 9 nitrogen and oxygen atoms in total. The Morgan fingerprint density at radius 2 is 1.63 bits per heavy atom. The molecule has 278 valence electrons. The highest BCUT2D eigenvalue weighted by atomic mass is 35.5. The van der Waals surface area contributed by atoms with Crippen molar-refractivity contribution in [1.82, 2.24) is 19.9 Å². The van der Waals surface area contributed by atoms with Gasteiger partial charge in [-0.3, -0.25) is 9.59 Å². The number of benzene rings is 4. The highest BCUT2D eigenvalue weighted by Crippen LogP contribution is 2.43. The smallest absolute Gasteiger partial charge is 0.272 e. The summed E-state index contributed by atoms with van der Waals surface area (Å²) in [6.07, 6.45) is 3.36. The molecule has 0 aliphatic carbocycles. The molecule has 0 spiro atoms. The van der Waals surface area contributed by atoms with Crippen molar-refractivity contribution in [3.8, 4) is 28.3 Å². The van der Waals surface area contributed by atoms with E-state index < -0.39 is 0 Å². The first kappa shape index (κ1) is 37.4. The lowest BCUT2D eigenvalue weighted by Gasteiger charge is -2.35. The van der Waals surface area contributed by atoms with E-state index in [0.717, 1.165) is 40.7 Å². The van der Waals surface area contributed by atoms with E-state index in [4.69, 9.17) is 44.5 Å². The zero-order chi connectivity index (χ0) is 38.1. The quantitative estimate of drug-likeness (QED) is 0.128. The monoisotopic (exact) mass is 782 g/mol. The van der Waals surface area contributed by atoms with Crippen LogP contribution in [0.15, 0.2) is 91.3 Å². The molecule has 7 rings (SSSR count). The van der Waals surface area contributed by atoms with E-state index in [0.29, 0.717) is 62.1 Å². The molecule has 1 atom stereocenters. The Morgan fingerprint density at radius 1 is 0.907 bits per heavy atom. The molecule has 0 bridgehead atoms. The molecule has 12 heteroatoms. The summed E-state index contributed by atoms with van der Waals surface area (Å²) in [7, 11) is 1.60. The van der Waals surface area contributed by atoms with Crippen LogP contribution < -0.4 is 20.3 Å². The van der Waals surface area contributed by atoms with Crippen LogP contribution in [0.5, 0.6) is 5.75 Å². The Hall–Kier alpha value is -4.96. The molecule has 2 aromatic heterocycles. The molecule has 0 saturated carbocycles. The van der Waals surface area contributed by atoms with Crippen LogP contribution in [-0.4, -0.2) is 52.6 Å². The predicted molar refractivity (Wildman–Crippen MR) is 219 cm³/mol. The SMILES string of the molecule is COc1ccc(N2CCC(NC(=O)C(C)C)CC2)c(NC(=O)c2[nH]c3cc(Cl)ccc3c2-c2c(-c3ccccc3)ncn2C(C)c2ccc(Cl)cc2Cl)c1. The van der Waals surface area contributed by atoms with Crippen LogP contribution in [-0.2, 0) is 4.79 Å². The van der Waals surface area contributed by atoms with Gasteiger partial charge in [0.25, 0.3) is 5.91 Å². The van der Waals surface area contributed by atoms with Crippen molar-refractivity contribution in [2.75, 3.05) is 30.4 Å². The number of piperidine rings is 1. The maximum atomic E-state index is 14.8. The molecule has 1 aliphatic heterocycles. The summed E-state index contributed by atoms with van der Waals surface area (Å²) in [5.41, 5.74) is 6.33. The largest absolute Gasteiger partial charge is 0.497 e. The summed E-state index contributed by atoms with van der Waals surface area (Å²) >= 11 is 19.6. The summed E-state index contributed by atoms with van der Waals surface area (Å²) in [6, 6.07) is 26.4. The number of amides is 2. The number of halogens is 3. The van der Waals surface area contributed by atoms with Crippen LogP contribution >= 0.6 is 34.8 Å². The summed E-state index contributed by atoms with van der Waals surface area (Å²) in [5, 5.41) is 8.79. The first-order chi connectivity index (χ1) is 26.0. The number of imidazole rings is 1. The lowest BCUT2D eigenvalue weighted by atomic mass is 9.99. The van der Waals surface area contributed by atoms with Crippen LogP contribution in [0.4, 0.5) is 11.4 Å². The zero-order valence-corrected chi connectivity index (χ0v) is 32.7. The number of aromatic amines is 1. The molecule has 3 N–H and O–H groups in total. The maximum Gasteiger partial charge on any atom is 0.272 e. The standard InChI is InChI=1S/C42H41Cl3N6O3/c1-24(2)41(52)47-29-16-18-50(19-17-29)36-15-12-30(54-4)22-35(36)49-42(53)39-37(32-14-11-28(44)21-34(32)48-39)40-38(26-8-6-5-7-9-26)46-23-51(40)25(3)31-13-10-27(43)20-33(31)45/h5-15,20-25,29,48H,16-19H2,1-4H3,(H,47,52)(H,49,53). The van der Waals surface area contributed by atoms with Crippen molar-refractivity contribution >= 4 is 68.9 Å². The molecule has 4 aromatic carbocycles. The lowest BCUT2D eigenvalue weighted by molar-refractivity contribution is -0.124. The number of ether oxygens (including phenoxy) is 1. The average Bonchev–Trinajstić information content (AvgIpc) is 3.77. The van der Waals surface area contributed by atoms with E-state index in [1.54, 1.807) is 19.5 Å². The van der Waals surface area contributed by atoms with Crippen LogP contribution in [0.2, 0.25) is 15.1 Å². The molecular formula is C42H41Cl3N6O3. The molecule has 6 aromatic rings. The third-order valence-electron chi connectivity index (χ3n) is 10.1. The fourth-order valence-corrected chi connectivity index (χ4v) is 7.86. The molecule has 1 aliphatic rings. The number of H-pyrrole nitrogens is 1. The molecular weight excluding hydrogens is 743 g/mol. The van der Waals surface area contributed by atoms with Gasteiger partial charge >= 0.3 is 0 Å². The first-order valence-corrected chi connectivity index (χ1v) is 19.1. The van der Waals surface area contributed by atoms with E-state index in [1.165, 1.54) is 0 Å². The topological polar surface area (TPSA) is 104 Å². The molecule has 1 saturated heterocycles. The third-order valence-corrected chi connectivity index (χ3v) is 10.9. The number of nitrogens with zero attached hydrogens (tertiary/aromatic N) is 3. The van der Waals surface area contributed by atoms with Crippen LogP contribution in [0.25, 0.3) is 33.4 Å². The van der Waals surface area contributed by atoms with Gasteiger partial charge in [0.2, 0.25) is 5.91 Å². The highest BCUT2D eigenvalue weighted by Gasteiger charge is 2.30. The molecule has 54 heavy (non-hydrogen) atoms.